The second kappa shape index (κ2) is 8.72. The first kappa shape index (κ1) is 18.9. The molecular weight excluding hydrogens is 366 g/mol. The number of hydrogen-bond acceptors (Lipinski definition) is 8. The van der Waals surface area contributed by atoms with Crippen LogP contribution in [0.3, 0.4) is 0 Å². The van der Waals surface area contributed by atoms with Gasteiger partial charge in [0.1, 0.15) is 11.6 Å². The smallest absolute Gasteiger partial charge is 0.227 e. The summed E-state index contributed by atoms with van der Waals surface area (Å²) in [6, 6.07) is 11.7. The highest BCUT2D eigenvalue weighted by molar-refractivity contribution is 5.65. The third kappa shape index (κ3) is 4.53. The van der Waals surface area contributed by atoms with E-state index >= 15 is 0 Å². The quantitative estimate of drug-likeness (QED) is 0.687. The molecule has 29 heavy (non-hydrogen) atoms. The monoisotopic (exact) mass is 391 g/mol. The molecule has 1 aromatic carbocycles. The molecule has 2 aromatic heterocycles. The van der Waals surface area contributed by atoms with Crippen LogP contribution >= 0.6 is 0 Å². The van der Waals surface area contributed by atoms with Gasteiger partial charge < -0.3 is 19.9 Å². The average molecular weight is 391 g/mol. The molecule has 0 amide bonds. The standard InChI is InChI=1S/C21H25N7O/c1-3-29-18-8-5-4-7-17(18)25-19-15-16(2)24-21(26-19)28-13-11-27(12-14-28)20-22-9-6-10-23-20/h4-10,15H,3,11-14H2,1-2H3,(H,24,25,26). The van der Waals surface area contributed by atoms with Gasteiger partial charge >= 0.3 is 0 Å². The molecule has 1 aliphatic rings. The summed E-state index contributed by atoms with van der Waals surface area (Å²) in [5, 5.41) is 3.38. The maximum absolute atomic E-state index is 5.71. The SMILES string of the molecule is CCOc1ccccc1Nc1cc(C)nc(N2CCN(c3ncccn3)CC2)n1. The minimum atomic E-state index is 0.613. The van der Waals surface area contributed by atoms with Gasteiger partial charge in [-0.1, -0.05) is 12.1 Å². The van der Waals surface area contributed by atoms with Gasteiger partial charge in [-0.25, -0.2) is 15.0 Å². The second-order valence-electron chi connectivity index (χ2n) is 6.77. The molecule has 150 valence electrons. The minimum Gasteiger partial charge on any atom is -0.492 e. The molecule has 0 saturated carbocycles. The maximum atomic E-state index is 5.71. The first-order valence-electron chi connectivity index (χ1n) is 9.84. The van der Waals surface area contributed by atoms with E-state index in [1.165, 1.54) is 0 Å². The van der Waals surface area contributed by atoms with Crippen LogP contribution in [-0.2, 0) is 0 Å². The fourth-order valence-electron chi connectivity index (χ4n) is 3.31. The molecule has 1 saturated heterocycles. The van der Waals surface area contributed by atoms with E-state index in [0.717, 1.165) is 61.0 Å². The zero-order valence-electron chi connectivity index (χ0n) is 16.7. The second-order valence-corrected chi connectivity index (χ2v) is 6.77. The lowest BCUT2D eigenvalue weighted by molar-refractivity contribution is 0.342. The molecule has 8 nitrogen and oxygen atoms in total. The first-order valence-corrected chi connectivity index (χ1v) is 9.84. The predicted octanol–water partition coefficient (Wildman–Crippen LogP) is 3.04. The maximum Gasteiger partial charge on any atom is 0.227 e. The third-order valence-electron chi connectivity index (χ3n) is 4.69. The Hall–Kier alpha value is -3.42. The topological polar surface area (TPSA) is 79.3 Å². The summed E-state index contributed by atoms with van der Waals surface area (Å²) >= 11 is 0. The number of hydrogen-bond donors (Lipinski definition) is 1. The molecule has 1 N–H and O–H groups in total. The number of ether oxygens (including phenoxy) is 1. The number of nitrogens with zero attached hydrogens (tertiary/aromatic N) is 6. The van der Waals surface area contributed by atoms with Crippen molar-refractivity contribution in [3.05, 3.63) is 54.5 Å². The number of rotatable bonds is 6. The lowest BCUT2D eigenvalue weighted by atomic mass is 10.3. The van der Waals surface area contributed by atoms with E-state index in [9.17, 15) is 0 Å². The van der Waals surface area contributed by atoms with E-state index in [1.54, 1.807) is 12.4 Å². The van der Waals surface area contributed by atoms with Crippen molar-refractivity contribution in [2.45, 2.75) is 13.8 Å². The normalized spacial score (nSPS) is 14.0. The largest absolute Gasteiger partial charge is 0.492 e. The van der Waals surface area contributed by atoms with Crippen LogP contribution in [0.1, 0.15) is 12.6 Å². The zero-order valence-corrected chi connectivity index (χ0v) is 16.7. The third-order valence-corrected chi connectivity index (χ3v) is 4.69. The average Bonchev–Trinajstić information content (AvgIpc) is 2.76. The van der Waals surface area contributed by atoms with Crippen molar-refractivity contribution in [3.8, 4) is 5.75 Å². The Kier molecular flexibility index (Phi) is 5.69. The van der Waals surface area contributed by atoms with Crippen LogP contribution < -0.4 is 19.9 Å². The van der Waals surface area contributed by atoms with Gasteiger partial charge in [0.2, 0.25) is 11.9 Å². The van der Waals surface area contributed by atoms with Crippen LogP contribution in [0.5, 0.6) is 5.75 Å². The van der Waals surface area contributed by atoms with Crippen LogP contribution in [0.15, 0.2) is 48.8 Å². The van der Waals surface area contributed by atoms with Gasteiger partial charge in [-0.05, 0) is 32.0 Å². The van der Waals surface area contributed by atoms with E-state index in [4.69, 9.17) is 9.72 Å². The van der Waals surface area contributed by atoms with Crippen molar-refractivity contribution < 1.29 is 4.74 Å². The number of anilines is 4. The molecule has 0 aliphatic carbocycles. The van der Waals surface area contributed by atoms with Crippen LogP contribution in [-0.4, -0.2) is 52.7 Å². The number of nitrogens with one attached hydrogen (secondary N) is 1. The van der Waals surface area contributed by atoms with Crippen molar-refractivity contribution in [2.75, 3.05) is 47.9 Å². The summed E-state index contributed by atoms with van der Waals surface area (Å²) in [6.07, 6.45) is 3.55. The van der Waals surface area contributed by atoms with Crippen LogP contribution in [0.4, 0.5) is 23.4 Å². The highest BCUT2D eigenvalue weighted by atomic mass is 16.5. The van der Waals surface area contributed by atoms with E-state index < -0.39 is 0 Å². The van der Waals surface area contributed by atoms with Gasteiger partial charge in [0.05, 0.1) is 12.3 Å². The zero-order chi connectivity index (χ0) is 20.1. The summed E-state index contributed by atoms with van der Waals surface area (Å²) in [5.74, 6) is 3.07. The molecule has 0 bridgehead atoms. The number of piperazine rings is 1. The van der Waals surface area contributed by atoms with Gasteiger partial charge in [-0.15, -0.1) is 0 Å². The molecule has 0 unspecified atom stereocenters. The minimum absolute atomic E-state index is 0.613. The van der Waals surface area contributed by atoms with E-state index in [0.29, 0.717) is 6.61 Å². The van der Waals surface area contributed by atoms with Crippen LogP contribution in [0.2, 0.25) is 0 Å². The highest BCUT2D eigenvalue weighted by Crippen LogP contribution is 2.27. The molecule has 0 spiro atoms. The van der Waals surface area contributed by atoms with Crippen molar-refractivity contribution in [3.63, 3.8) is 0 Å². The number of aryl methyl sites for hydroxylation is 1. The number of aromatic nitrogens is 4. The van der Waals surface area contributed by atoms with E-state index in [2.05, 4.69) is 30.1 Å². The molecule has 8 heteroatoms. The van der Waals surface area contributed by atoms with Crippen molar-refractivity contribution in [2.24, 2.45) is 0 Å². The van der Waals surface area contributed by atoms with Gasteiger partial charge in [0.25, 0.3) is 0 Å². The number of benzene rings is 1. The van der Waals surface area contributed by atoms with Gasteiger partial charge in [0, 0.05) is 50.3 Å². The molecule has 4 rings (SSSR count). The summed E-state index contributed by atoms with van der Waals surface area (Å²) in [7, 11) is 0. The predicted molar refractivity (Wildman–Crippen MR) is 114 cm³/mol. The number of para-hydroxylation sites is 2. The Morgan fingerprint density at radius 1 is 0.931 bits per heavy atom. The lowest BCUT2D eigenvalue weighted by Gasteiger charge is -2.34. The molecule has 1 fully saturated rings. The Morgan fingerprint density at radius 3 is 2.34 bits per heavy atom. The summed E-state index contributed by atoms with van der Waals surface area (Å²) in [4.78, 5) is 22.5. The molecule has 3 aromatic rings. The van der Waals surface area contributed by atoms with Gasteiger partial charge in [-0.2, -0.15) is 4.98 Å². The van der Waals surface area contributed by atoms with Gasteiger partial charge in [0.15, 0.2) is 0 Å². The summed E-state index contributed by atoms with van der Waals surface area (Å²) in [6.45, 7) is 7.87. The van der Waals surface area contributed by atoms with Crippen LogP contribution in [0, 0.1) is 6.92 Å². The lowest BCUT2D eigenvalue weighted by Crippen LogP contribution is -2.47. The Balaban J connectivity index is 1.48. The Labute approximate surface area is 170 Å². The Morgan fingerprint density at radius 2 is 1.62 bits per heavy atom. The molecule has 1 aliphatic heterocycles. The van der Waals surface area contributed by atoms with Crippen LogP contribution in [0.25, 0.3) is 0 Å². The summed E-state index contributed by atoms with van der Waals surface area (Å²) in [5.41, 5.74) is 1.81. The molecular formula is C21H25N7O. The highest BCUT2D eigenvalue weighted by Gasteiger charge is 2.21. The first-order chi connectivity index (χ1) is 14.2. The fraction of sp³-hybridized carbons (Fsp3) is 0.333. The van der Waals surface area contributed by atoms with Crippen molar-refractivity contribution >= 4 is 23.4 Å². The molecule has 0 atom stereocenters. The van der Waals surface area contributed by atoms with Gasteiger partial charge in [-0.3, -0.25) is 0 Å². The molecule has 3 heterocycles. The molecule has 0 radical (unpaired) electrons. The fourth-order valence-corrected chi connectivity index (χ4v) is 3.31. The van der Waals surface area contributed by atoms with E-state index in [-0.39, 0.29) is 0 Å². The van der Waals surface area contributed by atoms with Crippen molar-refractivity contribution in [1.82, 2.24) is 19.9 Å². The van der Waals surface area contributed by atoms with E-state index in [1.807, 2.05) is 50.2 Å². The Bertz CT molecular complexity index is 943. The summed E-state index contributed by atoms with van der Waals surface area (Å²) < 4.78 is 5.71. The van der Waals surface area contributed by atoms with Crippen molar-refractivity contribution in [1.29, 1.82) is 0 Å².